The van der Waals surface area contributed by atoms with Crippen LogP contribution in [-0.4, -0.2) is 44.3 Å². The lowest BCUT2D eigenvalue weighted by molar-refractivity contribution is -0.140. The van der Waals surface area contributed by atoms with Crippen molar-refractivity contribution in [3.8, 4) is 0 Å². The Morgan fingerprint density at radius 2 is 1.47 bits per heavy atom. The van der Waals surface area contributed by atoms with E-state index in [1.54, 1.807) is 56.3 Å². The van der Waals surface area contributed by atoms with Crippen LogP contribution >= 0.6 is 23.2 Å². The van der Waals surface area contributed by atoms with Crippen LogP contribution in [0.3, 0.4) is 0 Å². The predicted octanol–water partition coefficient (Wildman–Crippen LogP) is 6.27. The van der Waals surface area contributed by atoms with Crippen LogP contribution in [0.2, 0.25) is 10.0 Å². The van der Waals surface area contributed by atoms with Gasteiger partial charge in [-0.15, -0.1) is 0 Å². The Bertz CT molecular complexity index is 1670. The summed E-state index contributed by atoms with van der Waals surface area (Å²) in [7, 11) is -4.21. The van der Waals surface area contributed by atoms with Crippen LogP contribution in [0.5, 0.6) is 0 Å². The van der Waals surface area contributed by atoms with Crippen molar-refractivity contribution in [1.29, 1.82) is 0 Å². The maximum absolute atomic E-state index is 14.4. The Hall–Kier alpha value is -3.85. The average molecular weight is 639 g/mol. The summed E-state index contributed by atoms with van der Waals surface area (Å²) < 4.78 is 29.2. The number of para-hydroxylation sites is 1. The normalized spacial score (nSPS) is 11.9. The van der Waals surface area contributed by atoms with Gasteiger partial charge in [0.2, 0.25) is 11.8 Å². The van der Waals surface area contributed by atoms with Gasteiger partial charge in [0.05, 0.1) is 10.6 Å². The van der Waals surface area contributed by atoms with E-state index in [0.29, 0.717) is 33.4 Å². The Balaban J connectivity index is 1.80. The number of nitrogens with one attached hydrogen (secondary N) is 1. The predicted molar refractivity (Wildman–Crippen MR) is 172 cm³/mol. The molecule has 0 saturated heterocycles. The minimum absolute atomic E-state index is 0.0149. The molecule has 4 aromatic rings. The van der Waals surface area contributed by atoms with Crippen LogP contribution < -0.4 is 9.62 Å². The number of hydrogen-bond donors (Lipinski definition) is 1. The molecule has 0 spiro atoms. The quantitative estimate of drug-likeness (QED) is 0.198. The number of sulfonamides is 1. The van der Waals surface area contributed by atoms with Crippen molar-refractivity contribution in [3.05, 3.63) is 130 Å². The molecule has 2 amide bonds. The zero-order valence-electron chi connectivity index (χ0n) is 23.9. The van der Waals surface area contributed by atoms with Gasteiger partial charge in [-0.1, -0.05) is 83.9 Å². The van der Waals surface area contributed by atoms with E-state index in [1.807, 2.05) is 36.4 Å². The molecule has 0 aliphatic carbocycles. The first-order valence-electron chi connectivity index (χ1n) is 13.8. The number of carbonyl (C=O) groups is 2. The second-order valence-electron chi connectivity index (χ2n) is 10.0. The molecule has 0 bridgehead atoms. The van der Waals surface area contributed by atoms with Crippen molar-refractivity contribution < 1.29 is 18.0 Å². The number of amides is 2. The van der Waals surface area contributed by atoms with Gasteiger partial charge in [0.15, 0.2) is 0 Å². The number of aryl methyl sites for hydroxylation is 1. The molecule has 224 valence electrons. The van der Waals surface area contributed by atoms with Crippen LogP contribution in [0.4, 0.5) is 5.69 Å². The molecule has 1 N–H and O–H groups in total. The van der Waals surface area contributed by atoms with Gasteiger partial charge in [0.1, 0.15) is 12.6 Å². The molecule has 4 aromatic carbocycles. The number of anilines is 1. The van der Waals surface area contributed by atoms with E-state index in [0.717, 1.165) is 9.87 Å². The minimum atomic E-state index is -4.21. The lowest BCUT2D eigenvalue weighted by Crippen LogP contribution is -2.53. The van der Waals surface area contributed by atoms with E-state index in [-0.39, 0.29) is 23.8 Å². The van der Waals surface area contributed by atoms with Gasteiger partial charge in [-0.25, -0.2) is 8.42 Å². The molecule has 0 fully saturated rings. The molecule has 0 aromatic heterocycles. The molecule has 0 heterocycles. The van der Waals surface area contributed by atoms with E-state index in [1.165, 1.54) is 29.2 Å². The van der Waals surface area contributed by atoms with E-state index >= 15 is 0 Å². The number of likely N-dealkylation sites (N-methyl/N-ethyl adjacent to an activating group) is 1. The molecule has 43 heavy (non-hydrogen) atoms. The van der Waals surface area contributed by atoms with Gasteiger partial charge in [0.25, 0.3) is 10.0 Å². The van der Waals surface area contributed by atoms with Gasteiger partial charge in [-0.2, -0.15) is 0 Å². The lowest BCUT2D eigenvalue weighted by Gasteiger charge is -2.34. The lowest BCUT2D eigenvalue weighted by atomic mass is 10.0. The van der Waals surface area contributed by atoms with Crippen molar-refractivity contribution in [2.75, 3.05) is 17.4 Å². The summed E-state index contributed by atoms with van der Waals surface area (Å²) in [4.78, 5) is 29.3. The third-order valence-corrected chi connectivity index (χ3v) is 9.19. The van der Waals surface area contributed by atoms with Crippen LogP contribution in [-0.2, 0) is 32.6 Å². The zero-order valence-corrected chi connectivity index (χ0v) is 26.2. The van der Waals surface area contributed by atoms with E-state index < -0.39 is 28.5 Å². The van der Waals surface area contributed by atoms with Gasteiger partial charge < -0.3 is 10.2 Å². The number of nitrogens with zero attached hydrogens (tertiary/aromatic N) is 2. The summed E-state index contributed by atoms with van der Waals surface area (Å²) in [5.41, 5.74) is 2.57. The van der Waals surface area contributed by atoms with E-state index in [2.05, 4.69) is 5.32 Å². The largest absolute Gasteiger partial charge is 0.355 e. The number of carbonyl (C=O) groups excluding carboxylic acids is 2. The van der Waals surface area contributed by atoms with Crippen molar-refractivity contribution in [2.45, 2.75) is 37.8 Å². The molecule has 0 saturated carbocycles. The highest BCUT2D eigenvalue weighted by Crippen LogP contribution is 2.28. The van der Waals surface area contributed by atoms with E-state index in [9.17, 15) is 18.0 Å². The highest BCUT2D eigenvalue weighted by atomic mass is 35.5. The molecular weight excluding hydrogens is 605 g/mol. The first-order chi connectivity index (χ1) is 20.6. The molecule has 0 unspecified atom stereocenters. The summed E-state index contributed by atoms with van der Waals surface area (Å²) in [6.07, 6.45) is 0.229. The molecule has 7 nitrogen and oxygen atoms in total. The first-order valence-corrected chi connectivity index (χ1v) is 16.0. The second-order valence-corrected chi connectivity index (χ2v) is 12.7. The summed E-state index contributed by atoms with van der Waals surface area (Å²) in [6, 6.07) is 28.2. The average Bonchev–Trinajstić information content (AvgIpc) is 2.99. The Kier molecular flexibility index (Phi) is 10.9. The topological polar surface area (TPSA) is 86.8 Å². The fraction of sp³-hybridized carbons (Fsp3) is 0.212. The number of rotatable bonds is 12. The number of hydrogen-bond acceptors (Lipinski definition) is 4. The summed E-state index contributed by atoms with van der Waals surface area (Å²) in [5, 5.41) is 3.72. The molecule has 0 aliphatic rings. The fourth-order valence-corrected chi connectivity index (χ4v) is 6.59. The van der Waals surface area contributed by atoms with Gasteiger partial charge >= 0.3 is 0 Å². The summed E-state index contributed by atoms with van der Waals surface area (Å²) in [5.74, 6) is -0.891. The SMILES string of the molecule is CCNC(=O)[C@@H](Cc1ccccc1)N(Cc1cccc(Cl)c1)C(=O)CN(c1ccccc1C)S(=O)(=O)c1ccc(Cl)cc1. The highest BCUT2D eigenvalue weighted by Gasteiger charge is 2.35. The maximum atomic E-state index is 14.4. The molecule has 0 aliphatic heterocycles. The Morgan fingerprint density at radius 1 is 0.814 bits per heavy atom. The van der Waals surface area contributed by atoms with E-state index in [4.69, 9.17) is 23.2 Å². The van der Waals surface area contributed by atoms with Crippen molar-refractivity contribution in [2.24, 2.45) is 0 Å². The first kappa shape index (κ1) is 32.1. The molecule has 1 atom stereocenters. The minimum Gasteiger partial charge on any atom is -0.355 e. The fourth-order valence-electron chi connectivity index (χ4n) is 4.77. The van der Waals surface area contributed by atoms with Gasteiger partial charge in [0, 0.05) is 29.6 Å². The molecule has 0 radical (unpaired) electrons. The third kappa shape index (κ3) is 8.16. The number of benzene rings is 4. The van der Waals surface area contributed by atoms with Crippen LogP contribution in [0.15, 0.2) is 108 Å². The zero-order chi connectivity index (χ0) is 31.0. The summed E-state index contributed by atoms with van der Waals surface area (Å²) in [6.45, 7) is 3.45. The maximum Gasteiger partial charge on any atom is 0.264 e. The van der Waals surface area contributed by atoms with Crippen LogP contribution in [0.25, 0.3) is 0 Å². The highest BCUT2D eigenvalue weighted by molar-refractivity contribution is 7.92. The van der Waals surface area contributed by atoms with Crippen LogP contribution in [0.1, 0.15) is 23.6 Å². The Labute approximate surface area is 263 Å². The smallest absolute Gasteiger partial charge is 0.264 e. The van der Waals surface area contributed by atoms with Crippen LogP contribution in [0, 0.1) is 6.92 Å². The monoisotopic (exact) mass is 637 g/mol. The molecule has 10 heteroatoms. The van der Waals surface area contributed by atoms with Crippen molar-refractivity contribution in [3.63, 3.8) is 0 Å². The Morgan fingerprint density at radius 3 is 2.12 bits per heavy atom. The number of halogens is 2. The standard InChI is InChI=1S/C33H33Cl2N3O4S/c1-3-36-33(40)31(21-25-11-5-4-6-12-25)37(22-26-13-9-14-28(35)20-26)32(39)23-38(30-15-8-7-10-24(30)2)43(41,42)29-18-16-27(34)17-19-29/h4-20,31H,3,21-23H2,1-2H3,(H,36,40)/t31-/m1/s1. The summed E-state index contributed by atoms with van der Waals surface area (Å²) >= 11 is 12.3. The van der Waals surface area contributed by atoms with Crippen molar-refractivity contribution >= 4 is 50.7 Å². The molecule has 4 rings (SSSR count). The molecular formula is C33H33Cl2N3O4S. The van der Waals surface area contributed by atoms with Gasteiger partial charge in [-0.05, 0) is 73.0 Å². The third-order valence-electron chi connectivity index (χ3n) is 6.93. The second kappa shape index (κ2) is 14.6. The van der Waals surface area contributed by atoms with Crippen molar-refractivity contribution in [1.82, 2.24) is 10.2 Å². The van der Waals surface area contributed by atoms with Gasteiger partial charge in [-0.3, -0.25) is 13.9 Å².